The second-order valence-corrected chi connectivity index (χ2v) is 5.80. The molecule has 3 heteroatoms. The number of aryl methyl sites for hydroxylation is 1. The van der Waals surface area contributed by atoms with Gasteiger partial charge in [-0.25, -0.2) is 4.39 Å². The zero-order chi connectivity index (χ0) is 13.8. The number of likely N-dealkylation sites (N-methyl/N-ethyl adjacent to an activating group) is 1. The van der Waals surface area contributed by atoms with Crippen LogP contribution in [0.1, 0.15) is 22.7 Å². The Morgan fingerprint density at radius 1 is 1.21 bits per heavy atom. The maximum atomic E-state index is 13.2. The molecular weight excluding hydrogens is 352 g/mol. The largest absolute Gasteiger partial charge is 0.313 e. The van der Waals surface area contributed by atoms with Gasteiger partial charge in [-0.2, -0.15) is 0 Å². The molecule has 0 saturated heterocycles. The third-order valence-corrected chi connectivity index (χ3v) is 4.31. The predicted octanol–water partition coefficient (Wildman–Crippen LogP) is 4.24. The second-order valence-electron chi connectivity index (χ2n) is 4.64. The number of halogens is 2. The molecule has 0 spiro atoms. The van der Waals surface area contributed by atoms with Gasteiger partial charge in [0.25, 0.3) is 0 Å². The molecule has 0 radical (unpaired) electrons. The molecule has 2 aromatic carbocycles. The van der Waals surface area contributed by atoms with Crippen LogP contribution in [0.3, 0.4) is 0 Å². The van der Waals surface area contributed by atoms with E-state index in [9.17, 15) is 4.39 Å². The van der Waals surface area contributed by atoms with Gasteiger partial charge in [0.2, 0.25) is 0 Å². The smallest absolute Gasteiger partial charge is 0.124 e. The number of benzene rings is 2. The van der Waals surface area contributed by atoms with Crippen LogP contribution in [0.15, 0.2) is 42.5 Å². The Kier molecular flexibility index (Phi) is 4.93. The highest BCUT2D eigenvalue weighted by Gasteiger charge is 2.14. The highest BCUT2D eigenvalue weighted by molar-refractivity contribution is 14.1. The Balaban J connectivity index is 2.28. The van der Waals surface area contributed by atoms with Crippen molar-refractivity contribution in [3.05, 3.63) is 68.5 Å². The second kappa shape index (κ2) is 6.48. The molecule has 1 N–H and O–H groups in total. The van der Waals surface area contributed by atoms with E-state index in [4.69, 9.17) is 0 Å². The highest BCUT2D eigenvalue weighted by atomic mass is 127. The molecule has 0 saturated carbocycles. The lowest BCUT2D eigenvalue weighted by molar-refractivity contribution is 0.581. The normalized spacial score (nSPS) is 12.4. The first-order valence-corrected chi connectivity index (χ1v) is 7.36. The zero-order valence-corrected chi connectivity index (χ0v) is 13.2. The van der Waals surface area contributed by atoms with Crippen LogP contribution in [0.2, 0.25) is 0 Å². The van der Waals surface area contributed by atoms with Crippen molar-refractivity contribution in [1.29, 1.82) is 0 Å². The van der Waals surface area contributed by atoms with E-state index < -0.39 is 0 Å². The van der Waals surface area contributed by atoms with Crippen molar-refractivity contribution in [2.24, 2.45) is 0 Å². The Morgan fingerprint density at radius 3 is 2.58 bits per heavy atom. The van der Waals surface area contributed by atoms with Crippen molar-refractivity contribution in [2.45, 2.75) is 19.4 Å². The number of hydrogen-bond acceptors (Lipinski definition) is 1. The van der Waals surface area contributed by atoms with Crippen LogP contribution in [0.25, 0.3) is 0 Å². The molecule has 0 bridgehead atoms. The summed E-state index contributed by atoms with van der Waals surface area (Å²) < 4.78 is 14.1. The molecule has 0 aliphatic heterocycles. The average molecular weight is 369 g/mol. The summed E-state index contributed by atoms with van der Waals surface area (Å²) in [5, 5.41) is 3.33. The Morgan fingerprint density at radius 2 is 1.95 bits per heavy atom. The van der Waals surface area contributed by atoms with Gasteiger partial charge in [0, 0.05) is 9.61 Å². The van der Waals surface area contributed by atoms with Crippen molar-refractivity contribution in [3.8, 4) is 0 Å². The molecule has 1 unspecified atom stereocenters. The topological polar surface area (TPSA) is 12.0 Å². The van der Waals surface area contributed by atoms with Crippen molar-refractivity contribution in [2.75, 3.05) is 7.05 Å². The lowest BCUT2D eigenvalue weighted by atomic mass is 9.96. The van der Waals surface area contributed by atoms with Crippen LogP contribution in [0, 0.1) is 16.3 Å². The molecular formula is C16H17FIN. The fourth-order valence-corrected chi connectivity index (χ4v) is 3.06. The van der Waals surface area contributed by atoms with E-state index in [0.29, 0.717) is 0 Å². The van der Waals surface area contributed by atoms with Gasteiger partial charge in [-0.05, 0) is 71.8 Å². The first kappa shape index (κ1) is 14.5. The molecule has 0 heterocycles. The standard InChI is InChI=1S/C16H17FIN/c1-11-5-3-4-6-12(11)9-16(19-2)14-8-7-13(17)10-15(14)18/h3-8,10,16,19H,9H2,1-2H3. The van der Waals surface area contributed by atoms with E-state index in [1.54, 1.807) is 6.07 Å². The van der Waals surface area contributed by atoms with Crippen LogP contribution in [0.4, 0.5) is 4.39 Å². The minimum atomic E-state index is -0.182. The lowest BCUT2D eigenvalue weighted by Crippen LogP contribution is -2.20. The Hall–Kier alpha value is -0.940. The summed E-state index contributed by atoms with van der Waals surface area (Å²) in [6.45, 7) is 2.12. The average Bonchev–Trinajstić information content (AvgIpc) is 2.39. The molecule has 100 valence electrons. The Bertz CT molecular complexity index is 568. The van der Waals surface area contributed by atoms with Crippen molar-refractivity contribution in [3.63, 3.8) is 0 Å². The van der Waals surface area contributed by atoms with E-state index in [0.717, 1.165) is 15.6 Å². The number of nitrogens with one attached hydrogen (secondary N) is 1. The quantitative estimate of drug-likeness (QED) is 0.795. The SMILES string of the molecule is CNC(Cc1ccccc1C)c1ccc(F)cc1I. The van der Waals surface area contributed by atoms with Crippen LogP contribution >= 0.6 is 22.6 Å². The van der Waals surface area contributed by atoms with E-state index in [1.807, 2.05) is 13.1 Å². The lowest BCUT2D eigenvalue weighted by Gasteiger charge is -2.19. The maximum Gasteiger partial charge on any atom is 0.124 e. The minimum absolute atomic E-state index is 0.182. The summed E-state index contributed by atoms with van der Waals surface area (Å²) in [5.74, 6) is -0.182. The van der Waals surface area contributed by atoms with Crippen LogP contribution in [-0.4, -0.2) is 7.05 Å². The molecule has 0 aliphatic rings. The summed E-state index contributed by atoms with van der Waals surface area (Å²) >= 11 is 2.20. The molecule has 0 aliphatic carbocycles. The zero-order valence-electron chi connectivity index (χ0n) is 11.1. The first-order chi connectivity index (χ1) is 9.11. The van der Waals surface area contributed by atoms with Gasteiger partial charge in [0.15, 0.2) is 0 Å². The molecule has 0 aromatic heterocycles. The summed E-state index contributed by atoms with van der Waals surface area (Å²) in [7, 11) is 1.95. The predicted molar refractivity (Wildman–Crippen MR) is 85.8 cm³/mol. The third-order valence-electron chi connectivity index (χ3n) is 3.37. The summed E-state index contributed by atoms with van der Waals surface area (Å²) in [4.78, 5) is 0. The summed E-state index contributed by atoms with van der Waals surface area (Å²) in [6.07, 6.45) is 0.908. The highest BCUT2D eigenvalue weighted by Crippen LogP contribution is 2.25. The van der Waals surface area contributed by atoms with Crippen molar-refractivity contribution in [1.82, 2.24) is 5.32 Å². The summed E-state index contributed by atoms with van der Waals surface area (Å²) in [5.41, 5.74) is 3.76. The van der Waals surface area contributed by atoms with E-state index >= 15 is 0 Å². The van der Waals surface area contributed by atoms with Crippen molar-refractivity contribution < 1.29 is 4.39 Å². The molecule has 19 heavy (non-hydrogen) atoms. The molecule has 0 fully saturated rings. The van der Waals surface area contributed by atoms with Crippen LogP contribution in [-0.2, 0) is 6.42 Å². The Labute approximate surface area is 127 Å². The van der Waals surface area contributed by atoms with E-state index in [-0.39, 0.29) is 11.9 Å². The van der Waals surface area contributed by atoms with E-state index in [1.165, 1.54) is 17.2 Å². The van der Waals surface area contributed by atoms with Gasteiger partial charge < -0.3 is 5.32 Å². The molecule has 1 nitrogen and oxygen atoms in total. The number of hydrogen-bond donors (Lipinski definition) is 1. The third kappa shape index (κ3) is 3.54. The van der Waals surface area contributed by atoms with Crippen LogP contribution < -0.4 is 5.32 Å². The monoisotopic (exact) mass is 369 g/mol. The molecule has 2 rings (SSSR count). The van der Waals surface area contributed by atoms with Crippen molar-refractivity contribution >= 4 is 22.6 Å². The number of rotatable bonds is 4. The van der Waals surface area contributed by atoms with Gasteiger partial charge in [-0.1, -0.05) is 30.3 Å². The maximum absolute atomic E-state index is 13.2. The van der Waals surface area contributed by atoms with Gasteiger partial charge >= 0.3 is 0 Å². The fraction of sp³-hybridized carbons (Fsp3) is 0.250. The van der Waals surface area contributed by atoms with Gasteiger partial charge in [0.05, 0.1) is 0 Å². The van der Waals surface area contributed by atoms with Gasteiger partial charge in [0.1, 0.15) is 5.82 Å². The molecule has 0 amide bonds. The van der Waals surface area contributed by atoms with E-state index in [2.05, 4.69) is 59.1 Å². The molecule has 2 aromatic rings. The summed E-state index contributed by atoms with van der Waals surface area (Å²) in [6, 6.07) is 13.6. The minimum Gasteiger partial charge on any atom is -0.313 e. The first-order valence-electron chi connectivity index (χ1n) is 6.28. The van der Waals surface area contributed by atoms with Crippen LogP contribution in [0.5, 0.6) is 0 Å². The van der Waals surface area contributed by atoms with Gasteiger partial charge in [-0.15, -0.1) is 0 Å². The van der Waals surface area contributed by atoms with Gasteiger partial charge in [-0.3, -0.25) is 0 Å². The fourth-order valence-electron chi connectivity index (χ4n) is 2.21. The molecule has 1 atom stereocenters.